The van der Waals surface area contributed by atoms with E-state index in [-0.39, 0.29) is 37.2 Å². The number of benzene rings is 1. The Morgan fingerprint density at radius 2 is 1.54 bits per heavy atom. The van der Waals surface area contributed by atoms with Gasteiger partial charge in [0.15, 0.2) is 17.5 Å². The lowest BCUT2D eigenvalue weighted by Gasteiger charge is -2.56. The molecule has 0 radical (unpaired) electrons. The molecule has 7 nitrogen and oxygen atoms in total. The molecule has 37 heavy (non-hydrogen) atoms. The predicted molar refractivity (Wildman–Crippen MR) is 135 cm³/mol. The number of imide groups is 1. The average Bonchev–Trinajstić information content (AvgIpc) is 2.82. The molecule has 1 saturated heterocycles. The minimum absolute atomic E-state index is 0.0325. The Kier molecular flexibility index (Phi) is 6.84. The molecular weight excluding hydrogens is 470 g/mol. The fraction of sp³-hybridized carbons (Fsp3) is 0.633. The van der Waals surface area contributed by atoms with E-state index < -0.39 is 34.7 Å². The molecule has 5 aliphatic rings. The van der Waals surface area contributed by atoms with Crippen molar-refractivity contribution in [3.05, 3.63) is 35.9 Å². The smallest absolute Gasteiger partial charge is 0.306 e. The maximum Gasteiger partial charge on any atom is 0.306 e. The Morgan fingerprint density at radius 1 is 0.946 bits per heavy atom. The van der Waals surface area contributed by atoms with Crippen LogP contribution in [0.1, 0.15) is 82.0 Å². The van der Waals surface area contributed by atoms with E-state index in [1.807, 2.05) is 0 Å². The first-order chi connectivity index (χ1) is 17.5. The molecule has 1 heterocycles. The Labute approximate surface area is 218 Å². The van der Waals surface area contributed by atoms with Crippen molar-refractivity contribution in [2.24, 2.45) is 34.5 Å². The van der Waals surface area contributed by atoms with Crippen LogP contribution in [0.25, 0.3) is 0 Å². The monoisotopic (exact) mass is 507 g/mol. The highest BCUT2D eigenvalue weighted by Gasteiger charge is 2.51. The van der Waals surface area contributed by atoms with Gasteiger partial charge in [-0.05, 0) is 73.8 Å². The van der Waals surface area contributed by atoms with Crippen LogP contribution in [0.4, 0.5) is 0 Å². The minimum Gasteiger partial charge on any atom is -0.465 e. The molecular formula is C30H37NO6. The molecule has 0 aromatic heterocycles. The van der Waals surface area contributed by atoms with Crippen molar-refractivity contribution in [3.8, 4) is 0 Å². The number of ketones is 2. The van der Waals surface area contributed by atoms with E-state index in [1.165, 1.54) is 19.3 Å². The summed E-state index contributed by atoms with van der Waals surface area (Å²) in [6.07, 6.45) is 7.31. The van der Waals surface area contributed by atoms with E-state index in [9.17, 15) is 24.0 Å². The van der Waals surface area contributed by atoms with Crippen molar-refractivity contribution in [3.63, 3.8) is 0 Å². The number of carbonyl (C=O) groups is 5. The quantitative estimate of drug-likeness (QED) is 0.294. The number of hydrogen-bond acceptors (Lipinski definition) is 6. The summed E-state index contributed by atoms with van der Waals surface area (Å²) in [5.41, 5.74) is -0.319. The van der Waals surface area contributed by atoms with E-state index in [0.29, 0.717) is 12.2 Å². The second kappa shape index (κ2) is 9.80. The zero-order chi connectivity index (χ0) is 26.4. The molecule has 1 unspecified atom stereocenters. The summed E-state index contributed by atoms with van der Waals surface area (Å²) in [5, 5.41) is 0. The van der Waals surface area contributed by atoms with Gasteiger partial charge in [0.25, 0.3) is 5.91 Å². The highest BCUT2D eigenvalue weighted by Crippen LogP contribution is 2.60. The molecule has 6 rings (SSSR count). The van der Waals surface area contributed by atoms with Crippen molar-refractivity contribution >= 4 is 29.4 Å². The number of likely N-dealkylation sites (tertiary alicyclic amines) is 1. The van der Waals surface area contributed by atoms with Gasteiger partial charge >= 0.3 is 5.97 Å². The zero-order valence-electron chi connectivity index (χ0n) is 21.9. The van der Waals surface area contributed by atoms with Crippen molar-refractivity contribution in [2.45, 2.75) is 71.6 Å². The van der Waals surface area contributed by atoms with Gasteiger partial charge in [0.2, 0.25) is 5.91 Å². The summed E-state index contributed by atoms with van der Waals surface area (Å²) in [6.45, 7) is 3.98. The fourth-order valence-corrected chi connectivity index (χ4v) is 7.80. The number of amides is 2. The molecule has 1 aromatic carbocycles. The Hall–Kier alpha value is -2.83. The van der Waals surface area contributed by atoms with Crippen molar-refractivity contribution < 1.29 is 28.7 Å². The highest BCUT2D eigenvalue weighted by atomic mass is 16.5. The van der Waals surface area contributed by atoms with Crippen LogP contribution in [0.15, 0.2) is 30.3 Å². The first-order valence-corrected chi connectivity index (χ1v) is 13.7. The van der Waals surface area contributed by atoms with Crippen LogP contribution in [0.5, 0.6) is 0 Å². The lowest BCUT2D eigenvalue weighted by molar-refractivity contribution is -0.157. The number of nitrogens with zero attached hydrogens (tertiary/aromatic N) is 1. The van der Waals surface area contributed by atoms with Crippen LogP contribution in [-0.2, 0) is 23.9 Å². The summed E-state index contributed by atoms with van der Waals surface area (Å²) in [4.78, 5) is 65.5. The second-order valence-corrected chi connectivity index (χ2v) is 12.9. The number of ether oxygens (including phenoxy) is 1. The Balaban J connectivity index is 1.17. The van der Waals surface area contributed by atoms with Gasteiger partial charge in [-0.2, -0.15) is 0 Å². The van der Waals surface area contributed by atoms with Gasteiger partial charge in [-0.1, -0.05) is 32.0 Å². The van der Waals surface area contributed by atoms with Crippen molar-refractivity contribution in [1.82, 2.24) is 4.90 Å². The van der Waals surface area contributed by atoms with Crippen LogP contribution >= 0.6 is 0 Å². The lowest BCUT2D eigenvalue weighted by Crippen LogP contribution is -2.52. The number of esters is 1. The maximum atomic E-state index is 13.2. The number of rotatable bonds is 8. The highest BCUT2D eigenvalue weighted by molar-refractivity contribution is 6.23. The molecule has 4 bridgehead atoms. The molecule has 0 spiro atoms. The molecule has 2 amide bonds. The lowest BCUT2D eigenvalue weighted by atomic mass is 9.50. The standard InChI is InChI=1S/C30H37NO6/c1-29(2,17-25(34)37-18-30-13-19-10-20(14-30)12-21(11-19)15-30)16-24(33)26-23(32)8-9-31(28(26)36)27(35)22-6-4-3-5-7-22/h3-7,19-21,26H,8-18H2,1-2H3. The molecule has 198 valence electrons. The van der Waals surface area contributed by atoms with Gasteiger partial charge in [0, 0.05) is 30.4 Å². The van der Waals surface area contributed by atoms with Gasteiger partial charge in [-0.3, -0.25) is 28.9 Å². The number of carbonyl (C=O) groups excluding carboxylic acids is 5. The molecule has 4 saturated carbocycles. The Morgan fingerprint density at radius 3 is 2.14 bits per heavy atom. The number of piperidine rings is 1. The van der Waals surface area contributed by atoms with Gasteiger partial charge in [-0.25, -0.2) is 0 Å². The van der Waals surface area contributed by atoms with Crippen molar-refractivity contribution in [2.75, 3.05) is 13.2 Å². The molecule has 4 aliphatic carbocycles. The third-order valence-corrected chi connectivity index (χ3v) is 8.98. The van der Waals surface area contributed by atoms with E-state index in [4.69, 9.17) is 4.74 Å². The van der Waals surface area contributed by atoms with E-state index in [1.54, 1.807) is 44.2 Å². The zero-order valence-corrected chi connectivity index (χ0v) is 21.9. The average molecular weight is 508 g/mol. The first kappa shape index (κ1) is 25.8. The van der Waals surface area contributed by atoms with Gasteiger partial charge in [0.1, 0.15) is 0 Å². The number of hydrogen-bond donors (Lipinski definition) is 0. The molecule has 5 fully saturated rings. The minimum atomic E-state index is -1.50. The van der Waals surface area contributed by atoms with Crippen molar-refractivity contribution in [1.29, 1.82) is 0 Å². The van der Waals surface area contributed by atoms with Gasteiger partial charge in [-0.15, -0.1) is 0 Å². The molecule has 7 heteroatoms. The van der Waals surface area contributed by atoms with E-state index in [2.05, 4.69) is 0 Å². The second-order valence-electron chi connectivity index (χ2n) is 12.9. The third-order valence-electron chi connectivity index (χ3n) is 8.98. The fourth-order valence-electron chi connectivity index (χ4n) is 7.80. The topological polar surface area (TPSA) is 97.8 Å². The Bertz CT molecular complexity index is 1070. The maximum absolute atomic E-state index is 13.2. The number of Topliss-reactive ketones (excluding diaryl/α,β-unsaturated/α-hetero) is 2. The third kappa shape index (κ3) is 5.41. The van der Waals surface area contributed by atoms with Crippen LogP contribution in [-0.4, -0.2) is 47.4 Å². The van der Waals surface area contributed by atoms with Crippen LogP contribution in [0.2, 0.25) is 0 Å². The largest absolute Gasteiger partial charge is 0.465 e. The predicted octanol–water partition coefficient (Wildman–Crippen LogP) is 4.38. The first-order valence-electron chi connectivity index (χ1n) is 13.7. The van der Waals surface area contributed by atoms with E-state index >= 15 is 0 Å². The normalized spacial score (nSPS) is 30.9. The summed E-state index contributed by atoms with van der Waals surface area (Å²) in [6, 6.07) is 8.35. The van der Waals surface area contributed by atoms with Crippen LogP contribution in [0.3, 0.4) is 0 Å². The summed E-state index contributed by atoms with van der Waals surface area (Å²) in [5.74, 6) is -1.79. The summed E-state index contributed by atoms with van der Waals surface area (Å²) in [7, 11) is 0. The van der Waals surface area contributed by atoms with Gasteiger partial charge in [0.05, 0.1) is 13.0 Å². The molecule has 1 aromatic rings. The summed E-state index contributed by atoms with van der Waals surface area (Å²) >= 11 is 0. The molecule has 0 N–H and O–H groups in total. The molecule has 1 aliphatic heterocycles. The molecule has 1 atom stereocenters. The van der Waals surface area contributed by atoms with Crippen LogP contribution < -0.4 is 0 Å². The summed E-state index contributed by atoms with van der Waals surface area (Å²) < 4.78 is 5.79. The van der Waals surface area contributed by atoms with Crippen LogP contribution in [0, 0.1) is 34.5 Å². The van der Waals surface area contributed by atoms with Gasteiger partial charge < -0.3 is 4.74 Å². The SMILES string of the molecule is CC(C)(CC(=O)OCC12CC3CC(CC(C3)C1)C2)CC(=O)C1C(=O)CCN(C(=O)c2ccccc2)C1=O. The van der Waals surface area contributed by atoms with E-state index in [0.717, 1.165) is 41.9 Å².